The Morgan fingerprint density at radius 2 is 1.62 bits per heavy atom. The van der Waals surface area contributed by atoms with Gasteiger partial charge in [-0.05, 0) is 30.4 Å². The van der Waals surface area contributed by atoms with Crippen molar-refractivity contribution in [1.29, 1.82) is 0 Å². The van der Waals surface area contributed by atoms with Gasteiger partial charge in [0.25, 0.3) is 0 Å². The number of hydrogen-bond donors (Lipinski definition) is 1. The van der Waals surface area contributed by atoms with E-state index in [1.54, 1.807) is 0 Å². The second-order valence-electron chi connectivity index (χ2n) is 6.91. The quantitative estimate of drug-likeness (QED) is 0.875. The van der Waals surface area contributed by atoms with Crippen LogP contribution in [0.1, 0.15) is 43.5 Å². The van der Waals surface area contributed by atoms with Crippen LogP contribution in [0.5, 0.6) is 0 Å². The highest BCUT2D eigenvalue weighted by atomic mass is 35.5. The molecule has 0 aliphatic carbocycles. The second kappa shape index (κ2) is 8.38. The van der Waals surface area contributed by atoms with E-state index >= 15 is 0 Å². The van der Waals surface area contributed by atoms with Gasteiger partial charge in [0, 0.05) is 32.2 Å². The Hall–Kier alpha value is -0.280. The number of aryl methyl sites for hydroxylation is 2. The van der Waals surface area contributed by atoms with Crippen molar-refractivity contribution < 1.29 is 0 Å². The van der Waals surface area contributed by atoms with E-state index in [9.17, 15) is 0 Å². The molecule has 0 aromatic heterocycles. The molecular weight excluding hydrogens is 303 g/mol. The van der Waals surface area contributed by atoms with Crippen molar-refractivity contribution in [2.75, 3.05) is 26.2 Å². The normalized spacial score (nSPS) is 17.6. The van der Waals surface area contributed by atoms with Crippen molar-refractivity contribution in [3.05, 3.63) is 34.9 Å². The molecule has 21 heavy (non-hydrogen) atoms. The molecule has 1 atom stereocenters. The molecule has 0 amide bonds. The van der Waals surface area contributed by atoms with E-state index in [-0.39, 0.29) is 30.2 Å². The number of hydrogen-bond acceptors (Lipinski definition) is 2. The topological polar surface area (TPSA) is 15.3 Å². The molecule has 1 aromatic carbocycles. The molecule has 0 bridgehead atoms. The second-order valence-corrected chi connectivity index (χ2v) is 6.91. The average molecular weight is 333 g/mol. The number of halogens is 2. The van der Waals surface area contributed by atoms with Crippen molar-refractivity contribution in [2.45, 2.75) is 40.7 Å². The maximum absolute atomic E-state index is 3.46. The van der Waals surface area contributed by atoms with E-state index in [0.29, 0.717) is 6.04 Å². The van der Waals surface area contributed by atoms with Gasteiger partial charge in [-0.15, -0.1) is 24.8 Å². The van der Waals surface area contributed by atoms with Gasteiger partial charge in [-0.1, -0.05) is 44.5 Å². The summed E-state index contributed by atoms with van der Waals surface area (Å²) in [5.74, 6) is 0. The summed E-state index contributed by atoms with van der Waals surface area (Å²) in [6.45, 7) is 16.0. The van der Waals surface area contributed by atoms with Crippen molar-refractivity contribution >= 4 is 24.8 Å². The highest BCUT2D eigenvalue weighted by Crippen LogP contribution is 2.39. The van der Waals surface area contributed by atoms with E-state index < -0.39 is 0 Å². The Kier molecular flexibility index (Phi) is 8.27. The van der Waals surface area contributed by atoms with Gasteiger partial charge in [-0.3, -0.25) is 4.90 Å². The molecule has 1 fully saturated rings. The van der Waals surface area contributed by atoms with E-state index in [1.165, 1.54) is 16.7 Å². The molecule has 2 rings (SSSR count). The smallest absolute Gasteiger partial charge is 0.0400 e. The van der Waals surface area contributed by atoms with Crippen LogP contribution in [0.3, 0.4) is 0 Å². The predicted molar refractivity (Wildman–Crippen MR) is 97.1 cm³/mol. The highest BCUT2D eigenvalue weighted by Gasteiger charge is 2.33. The lowest BCUT2D eigenvalue weighted by molar-refractivity contribution is 0.0857. The molecule has 0 unspecified atom stereocenters. The highest BCUT2D eigenvalue weighted by molar-refractivity contribution is 5.85. The van der Waals surface area contributed by atoms with Crippen molar-refractivity contribution in [3.8, 4) is 0 Å². The molecule has 0 spiro atoms. The zero-order valence-electron chi connectivity index (χ0n) is 13.9. The molecule has 1 aliphatic rings. The average Bonchev–Trinajstić information content (AvgIpc) is 2.33. The summed E-state index contributed by atoms with van der Waals surface area (Å²) in [7, 11) is 0. The minimum absolute atomic E-state index is 0. The van der Waals surface area contributed by atoms with Crippen LogP contribution in [0.15, 0.2) is 18.2 Å². The molecule has 1 N–H and O–H groups in total. The predicted octanol–water partition coefficient (Wildman–Crippen LogP) is 4.14. The van der Waals surface area contributed by atoms with Gasteiger partial charge < -0.3 is 5.32 Å². The lowest BCUT2D eigenvalue weighted by atomic mass is 9.79. The molecule has 0 saturated carbocycles. The zero-order chi connectivity index (χ0) is 14.0. The Morgan fingerprint density at radius 3 is 2.14 bits per heavy atom. The fourth-order valence-electron chi connectivity index (χ4n) is 3.21. The lowest BCUT2D eigenvalue weighted by Gasteiger charge is -2.43. The standard InChI is InChI=1S/C17H28N2.2ClH/c1-13-6-7-14(2)15(12-13)16(17(3,4)5)19-10-8-18-9-11-19;;/h6-7,12,16,18H,8-11H2,1-5H3;2*1H/t16-;;/m1../s1. The molecule has 4 heteroatoms. The summed E-state index contributed by atoms with van der Waals surface area (Å²) in [6.07, 6.45) is 0. The van der Waals surface area contributed by atoms with E-state index in [4.69, 9.17) is 0 Å². The number of nitrogens with one attached hydrogen (secondary N) is 1. The number of piperazine rings is 1. The van der Waals surface area contributed by atoms with Gasteiger partial charge in [0.1, 0.15) is 0 Å². The van der Waals surface area contributed by atoms with Crippen LogP contribution in [0.4, 0.5) is 0 Å². The first kappa shape index (κ1) is 20.7. The molecule has 122 valence electrons. The number of rotatable bonds is 2. The monoisotopic (exact) mass is 332 g/mol. The van der Waals surface area contributed by atoms with Gasteiger partial charge in [0.15, 0.2) is 0 Å². The largest absolute Gasteiger partial charge is 0.314 e. The van der Waals surface area contributed by atoms with Crippen LogP contribution in [-0.4, -0.2) is 31.1 Å². The summed E-state index contributed by atoms with van der Waals surface area (Å²) in [5, 5.41) is 3.46. The Bertz CT molecular complexity index is 435. The van der Waals surface area contributed by atoms with Crippen LogP contribution in [0, 0.1) is 19.3 Å². The third-order valence-corrected chi connectivity index (χ3v) is 4.07. The molecular formula is C17H30Cl2N2. The minimum atomic E-state index is 0. The summed E-state index contributed by atoms with van der Waals surface area (Å²) >= 11 is 0. The molecule has 1 aliphatic heterocycles. The molecule has 1 aromatic rings. The summed E-state index contributed by atoms with van der Waals surface area (Å²) < 4.78 is 0. The summed E-state index contributed by atoms with van der Waals surface area (Å²) in [6, 6.07) is 7.38. The van der Waals surface area contributed by atoms with E-state index in [2.05, 4.69) is 63.0 Å². The van der Waals surface area contributed by atoms with E-state index in [1.807, 2.05) is 0 Å². The first-order valence-corrected chi connectivity index (χ1v) is 7.41. The van der Waals surface area contributed by atoms with Crippen LogP contribution >= 0.6 is 24.8 Å². The van der Waals surface area contributed by atoms with Crippen molar-refractivity contribution in [1.82, 2.24) is 10.2 Å². The van der Waals surface area contributed by atoms with Gasteiger partial charge in [0.05, 0.1) is 0 Å². The van der Waals surface area contributed by atoms with E-state index in [0.717, 1.165) is 26.2 Å². The van der Waals surface area contributed by atoms with Crippen LogP contribution in [0.2, 0.25) is 0 Å². The van der Waals surface area contributed by atoms with Gasteiger partial charge in [-0.25, -0.2) is 0 Å². The fourth-order valence-corrected chi connectivity index (χ4v) is 3.21. The lowest BCUT2D eigenvalue weighted by Crippen LogP contribution is -2.48. The Labute approximate surface area is 142 Å². The van der Waals surface area contributed by atoms with Crippen LogP contribution in [-0.2, 0) is 0 Å². The van der Waals surface area contributed by atoms with Crippen molar-refractivity contribution in [2.24, 2.45) is 5.41 Å². The Morgan fingerprint density at radius 1 is 1.05 bits per heavy atom. The van der Waals surface area contributed by atoms with Crippen LogP contribution in [0.25, 0.3) is 0 Å². The maximum Gasteiger partial charge on any atom is 0.0400 e. The third-order valence-electron chi connectivity index (χ3n) is 4.07. The molecule has 1 saturated heterocycles. The summed E-state index contributed by atoms with van der Waals surface area (Å²) in [5.41, 5.74) is 4.55. The van der Waals surface area contributed by atoms with Crippen molar-refractivity contribution in [3.63, 3.8) is 0 Å². The molecule has 2 nitrogen and oxygen atoms in total. The maximum atomic E-state index is 3.46. The minimum Gasteiger partial charge on any atom is -0.314 e. The SMILES string of the molecule is Cc1ccc(C)c([C@@H](N2CCNCC2)C(C)(C)C)c1.Cl.Cl. The molecule has 0 radical (unpaired) electrons. The molecule has 1 heterocycles. The number of nitrogens with zero attached hydrogens (tertiary/aromatic N) is 1. The first-order valence-electron chi connectivity index (χ1n) is 7.41. The van der Waals surface area contributed by atoms with Gasteiger partial charge in [0.2, 0.25) is 0 Å². The van der Waals surface area contributed by atoms with Gasteiger partial charge >= 0.3 is 0 Å². The number of benzene rings is 1. The first-order chi connectivity index (χ1) is 8.89. The fraction of sp³-hybridized carbons (Fsp3) is 0.647. The summed E-state index contributed by atoms with van der Waals surface area (Å²) in [4.78, 5) is 2.65. The van der Waals surface area contributed by atoms with Crippen LogP contribution < -0.4 is 5.32 Å². The van der Waals surface area contributed by atoms with Gasteiger partial charge in [-0.2, -0.15) is 0 Å². The Balaban J connectivity index is 0.00000200. The zero-order valence-corrected chi connectivity index (χ0v) is 15.5. The third kappa shape index (κ3) is 5.14.